The molecule has 0 aromatic carbocycles. The van der Waals surface area contributed by atoms with Crippen LogP contribution in [0.1, 0.15) is 13.8 Å². The molecule has 0 amide bonds. The van der Waals surface area contributed by atoms with Crippen LogP contribution in [0.2, 0.25) is 0 Å². The smallest absolute Gasteiger partial charge is 0.328 e. The van der Waals surface area contributed by atoms with E-state index < -0.39 is 12.0 Å². The molecule has 0 aliphatic rings. The standard InChI is InChI=1S/C11H15N7O2/c1-3-20-8(19)7(2)14-10-15-9(12)16-11(17-10)18-6-4-5-13-18/h4-7H,3H2,1-2H3,(H3,12,14,15,16,17). The van der Waals surface area contributed by atoms with Gasteiger partial charge in [0.15, 0.2) is 0 Å². The second-order valence-corrected chi connectivity index (χ2v) is 3.89. The fourth-order valence-electron chi connectivity index (χ4n) is 1.45. The van der Waals surface area contributed by atoms with Crippen LogP contribution in [0.15, 0.2) is 18.5 Å². The maximum absolute atomic E-state index is 11.5. The summed E-state index contributed by atoms with van der Waals surface area (Å²) in [6.07, 6.45) is 3.27. The Morgan fingerprint density at radius 1 is 1.50 bits per heavy atom. The predicted octanol–water partition coefficient (Wildman–Crippen LogP) is 0.00300. The average molecular weight is 277 g/mol. The molecule has 0 radical (unpaired) electrons. The number of anilines is 2. The van der Waals surface area contributed by atoms with E-state index in [1.807, 2.05) is 0 Å². The van der Waals surface area contributed by atoms with Crippen molar-refractivity contribution in [3.05, 3.63) is 18.5 Å². The van der Waals surface area contributed by atoms with E-state index in [2.05, 4.69) is 25.4 Å². The Balaban J connectivity index is 2.18. The number of nitrogens with one attached hydrogen (secondary N) is 1. The zero-order valence-corrected chi connectivity index (χ0v) is 11.1. The van der Waals surface area contributed by atoms with Gasteiger partial charge in [0, 0.05) is 12.4 Å². The van der Waals surface area contributed by atoms with Gasteiger partial charge in [0.2, 0.25) is 11.9 Å². The highest BCUT2D eigenvalue weighted by Gasteiger charge is 2.16. The largest absolute Gasteiger partial charge is 0.464 e. The van der Waals surface area contributed by atoms with Gasteiger partial charge in [-0.15, -0.1) is 0 Å². The first-order valence-electron chi connectivity index (χ1n) is 6.05. The quantitative estimate of drug-likeness (QED) is 0.733. The first kappa shape index (κ1) is 13.7. The van der Waals surface area contributed by atoms with Crippen LogP contribution in [-0.4, -0.2) is 43.4 Å². The van der Waals surface area contributed by atoms with Gasteiger partial charge >= 0.3 is 5.97 Å². The van der Waals surface area contributed by atoms with Crippen molar-refractivity contribution in [3.8, 4) is 5.95 Å². The van der Waals surface area contributed by atoms with E-state index in [0.29, 0.717) is 6.61 Å². The van der Waals surface area contributed by atoms with E-state index in [9.17, 15) is 4.79 Å². The Kier molecular flexibility index (Phi) is 4.08. The number of rotatable bonds is 5. The van der Waals surface area contributed by atoms with Crippen molar-refractivity contribution in [2.45, 2.75) is 19.9 Å². The maximum atomic E-state index is 11.5. The monoisotopic (exact) mass is 277 g/mol. The van der Waals surface area contributed by atoms with Gasteiger partial charge in [-0.2, -0.15) is 20.1 Å². The highest BCUT2D eigenvalue weighted by atomic mass is 16.5. The van der Waals surface area contributed by atoms with E-state index in [4.69, 9.17) is 10.5 Å². The first-order valence-corrected chi connectivity index (χ1v) is 6.05. The maximum Gasteiger partial charge on any atom is 0.328 e. The van der Waals surface area contributed by atoms with Crippen molar-refractivity contribution in [3.63, 3.8) is 0 Å². The summed E-state index contributed by atoms with van der Waals surface area (Å²) in [6.45, 7) is 3.69. The number of aromatic nitrogens is 5. The first-order chi connectivity index (χ1) is 9.60. The van der Waals surface area contributed by atoms with Crippen LogP contribution in [0.4, 0.5) is 11.9 Å². The molecule has 106 valence electrons. The topological polar surface area (TPSA) is 121 Å². The number of esters is 1. The minimum absolute atomic E-state index is 0.0315. The minimum atomic E-state index is -0.595. The van der Waals surface area contributed by atoms with Gasteiger partial charge in [0.05, 0.1) is 6.61 Å². The molecule has 2 rings (SSSR count). The number of ether oxygens (including phenoxy) is 1. The molecule has 9 heteroatoms. The number of nitrogens with zero attached hydrogens (tertiary/aromatic N) is 5. The van der Waals surface area contributed by atoms with Crippen molar-refractivity contribution < 1.29 is 9.53 Å². The molecule has 0 aliphatic heterocycles. The van der Waals surface area contributed by atoms with E-state index >= 15 is 0 Å². The second kappa shape index (κ2) is 5.95. The Hall–Kier alpha value is -2.71. The van der Waals surface area contributed by atoms with Gasteiger partial charge in [-0.25, -0.2) is 9.48 Å². The lowest BCUT2D eigenvalue weighted by molar-refractivity contribution is -0.143. The average Bonchev–Trinajstić information content (AvgIpc) is 2.92. The van der Waals surface area contributed by atoms with E-state index in [1.54, 1.807) is 32.3 Å². The van der Waals surface area contributed by atoms with Gasteiger partial charge in [-0.05, 0) is 19.9 Å². The fraction of sp³-hybridized carbons (Fsp3) is 0.364. The lowest BCUT2D eigenvalue weighted by atomic mass is 10.3. The molecule has 2 aromatic rings. The van der Waals surface area contributed by atoms with E-state index in [0.717, 1.165) is 0 Å². The molecule has 20 heavy (non-hydrogen) atoms. The summed E-state index contributed by atoms with van der Waals surface area (Å²) < 4.78 is 6.33. The molecule has 9 nitrogen and oxygen atoms in total. The van der Waals surface area contributed by atoms with Crippen LogP contribution in [0.5, 0.6) is 0 Å². The normalized spacial score (nSPS) is 11.9. The molecule has 0 fully saturated rings. The molecule has 0 saturated carbocycles. The number of carbonyl (C=O) groups excluding carboxylic acids is 1. The fourth-order valence-corrected chi connectivity index (χ4v) is 1.45. The summed E-state index contributed by atoms with van der Waals surface area (Å²) in [4.78, 5) is 23.6. The zero-order valence-electron chi connectivity index (χ0n) is 11.1. The number of nitrogens with two attached hydrogens (primary N) is 1. The van der Waals surface area contributed by atoms with Crippen molar-refractivity contribution in [2.24, 2.45) is 0 Å². The Bertz CT molecular complexity index is 584. The summed E-state index contributed by atoms with van der Waals surface area (Å²) in [5.74, 6) is 0.0841. The van der Waals surface area contributed by atoms with Crippen LogP contribution in [0.25, 0.3) is 5.95 Å². The molecule has 0 spiro atoms. The van der Waals surface area contributed by atoms with Crippen LogP contribution < -0.4 is 11.1 Å². The molecular formula is C11H15N7O2. The Morgan fingerprint density at radius 2 is 2.30 bits per heavy atom. The van der Waals surface area contributed by atoms with E-state index in [1.165, 1.54) is 4.68 Å². The van der Waals surface area contributed by atoms with Crippen LogP contribution in [0.3, 0.4) is 0 Å². The molecule has 0 aliphatic carbocycles. The third-order valence-corrected chi connectivity index (χ3v) is 2.34. The number of nitrogen functional groups attached to an aromatic ring is 1. The van der Waals surface area contributed by atoms with Gasteiger partial charge in [-0.1, -0.05) is 0 Å². The molecule has 0 bridgehead atoms. The summed E-state index contributed by atoms with van der Waals surface area (Å²) in [7, 11) is 0. The van der Waals surface area contributed by atoms with Gasteiger partial charge in [0.25, 0.3) is 5.95 Å². The van der Waals surface area contributed by atoms with E-state index in [-0.39, 0.29) is 17.8 Å². The van der Waals surface area contributed by atoms with Crippen LogP contribution in [0, 0.1) is 0 Å². The predicted molar refractivity (Wildman–Crippen MR) is 71.1 cm³/mol. The lowest BCUT2D eigenvalue weighted by Gasteiger charge is -2.13. The molecule has 2 aromatic heterocycles. The molecular weight excluding hydrogens is 262 g/mol. The van der Waals surface area contributed by atoms with Crippen molar-refractivity contribution >= 4 is 17.9 Å². The number of hydrogen-bond donors (Lipinski definition) is 2. The number of hydrogen-bond acceptors (Lipinski definition) is 8. The summed E-state index contributed by atoms with van der Waals surface area (Å²) in [5, 5.41) is 6.81. The van der Waals surface area contributed by atoms with Crippen LogP contribution in [-0.2, 0) is 9.53 Å². The Morgan fingerprint density at radius 3 is 2.95 bits per heavy atom. The molecule has 2 heterocycles. The van der Waals surface area contributed by atoms with Gasteiger partial charge in [-0.3, -0.25) is 0 Å². The van der Waals surface area contributed by atoms with Gasteiger partial charge in [0.1, 0.15) is 6.04 Å². The van der Waals surface area contributed by atoms with Crippen LogP contribution >= 0.6 is 0 Å². The Labute approximate surface area is 115 Å². The molecule has 1 unspecified atom stereocenters. The third kappa shape index (κ3) is 3.19. The summed E-state index contributed by atoms with van der Waals surface area (Å²) in [6, 6.07) is 1.14. The summed E-state index contributed by atoms with van der Waals surface area (Å²) in [5.41, 5.74) is 5.62. The lowest BCUT2D eigenvalue weighted by Crippen LogP contribution is -2.29. The second-order valence-electron chi connectivity index (χ2n) is 3.89. The third-order valence-electron chi connectivity index (χ3n) is 2.34. The van der Waals surface area contributed by atoms with Crippen molar-refractivity contribution in [2.75, 3.05) is 17.7 Å². The molecule has 0 saturated heterocycles. The van der Waals surface area contributed by atoms with Crippen molar-refractivity contribution in [1.82, 2.24) is 24.7 Å². The molecule has 1 atom stereocenters. The number of carbonyl (C=O) groups is 1. The van der Waals surface area contributed by atoms with Crippen molar-refractivity contribution in [1.29, 1.82) is 0 Å². The highest BCUT2D eigenvalue weighted by Crippen LogP contribution is 2.08. The molecule has 3 N–H and O–H groups in total. The zero-order chi connectivity index (χ0) is 14.5. The summed E-state index contributed by atoms with van der Waals surface area (Å²) >= 11 is 0. The minimum Gasteiger partial charge on any atom is -0.464 e. The SMILES string of the molecule is CCOC(=O)C(C)Nc1nc(N)nc(-n2cccn2)n1. The highest BCUT2D eigenvalue weighted by molar-refractivity contribution is 5.78. The van der Waals surface area contributed by atoms with Gasteiger partial charge < -0.3 is 15.8 Å².